The minimum Gasteiger partial charge on any atom is -0.487 e. The van der Waals surface area contributed by atoms with Gasteiger partial charge in [-0.15, -0.1) is 0 Å². The predicted molar refractivity (Wildman–Crippen MR) is 131 cm³/mol. The lowest BCUT2D eigenvalue weighted by atomic mass is 9.96. The lowest BCUT2D eigenvalue weighted by Crippen LogP contribution is -2.35. The summed E-state index contributed by atoms with van der Waals surface area (Å²) in [5.41, 5.74) is 4.96. The quantitative estimate of drug-likeness (QED) is 0.498. The fraction of sp³-hybridized carbons (Fsp3) is 0.500. The Labute approximate surface area is 197 Å². The van der Waals surface area contributed by atoms with Crippen LogP contribution < -0.4 is 10.1 Å². The van der Waals surface area contributed by atoms with Gasteiger partial charge in [-0.1, -0.05) is 19.9 Å². The van der Waals surface area contributed by atoms with Crippen molar-refractivity contribution < 1.29 is 19.3 Å². The summed E-state index contributed by atoms with van der Waals surface area (Å²) < 4.78 is 25.9. The molecule has 0 amide bonds. The van der Waals surface area contributed by atoms with Crippen molar-refractivity contribution in [2.45, 2.75) is 70.4 Å². The average molecular weight is 553 g/mol. The fourth-order valence-corrected chi connectivity index (χ4v) is 7.44. The molecular formula is C24H29FIN3O3. The Kier molecular flexibility index (Phi) is 6.21. The topological polar surface area (TPSA) is 79.0 Å². The molecule has 0 bridgehead atoms. The van der Waals surface area contributed by atoms with Crippen LogP contribution in [0, 0.1) is 9.52 Å². The van der Waals surface area contributed by atoms with Crippen molar-refractivity contribution in [3.63, 3.8) is 0 Å². The maximum absolute atomic E-state index is 14.8. The lowest BCUT2D eigenvalue weighted by Gasteiger charge is -2.25. The first-order valence-electron chi connectivity index (χ1n) is 11.3. The molecule has 172 valence electrons. The van der Waals surface area contributed by atoms with Crippen LogP contribution in [0.1, 0.15) is 55.0 Å². The molecule has 1 aromatic heterocycles. The molecule has 2 aromatic rings. The van der Waals surface area contributed by atoms with Crippen molar-refractivity contribution in [1.82, 2.24) is 9.88 Å². The number of rotatable bonds is 5. The molecule has 3 aliphatic rings. The molecule has 0 saturated heterocycles. The maximum Gasteiger partial charge on any atom is 0.151 e. The van der Waals surface area contributed by atoms with Crippen LogP contribution in [0.4, 0.5) is 4.39 Å². The molecule has 3 N–H and O–H groups in total. The number of aliphatic hydroxyl groups is 2. The number of nitrogens with zero attached hydrogens (tertiary/aromatic N) is 2. The highest BCUT2D eigenvalue weighted by Gasteiger charge is 2.45. The van der Waals surface area contributed by atoms with E-state index in [-0.39, 0.29) is 5.82 Å². The summed E-state index contributed by atoms with van der Waals surface area (Å²) in [5, 5.41) is 25.2. The fourth-order valence-electron chi connectivity index (χ4n) is 5.00. The van der Waals surface area contributed by atoms with Crippen molar-refractivity contribution >= 4 is 30.6 Å². The average Bonchev–Trinajstić information content (AvgIpc) is 3.30. The number of ether oxygens (including phenoxy) is 1. The summed E-state index contributed by atoms with van der Waals surface area (Å²) in [7, 11) is 0. The number of hydrogen-bond acceptors (Lipinski definition) is 5. The number of nitrogens with one attached hydrogen (secondary N) is 1. The monoisotopic (exact) mass is 553 g/mol. The Morgan fingerprint density at radius 3 is 2.88 bits per heavy atom. The highest BCUT2D eigenvalue weighted by Crippen LogP contribution is 2.39. The minimum absolute atomic E-state index is 0.296. The van der Waals surface area contributed by atoms with Gasteiger partial charge in [0, 0.05) is 24.7 Å². The number of hydrogen-bond donors (Lipinski definition) is 3. The first-order valence-corrected chi connectivity index (χ1v) is 13.6. The van der Waals surface area contributed by atoms with E-state index in [0.29, 0.717) is 18.4 Å². The summed E-state index contributed by atoms with van der Waals surface area (Å²) in [6.07, 6.45) is 1.79. The second-order valence-corrected chi connectivity index (χ2v) is 10.8. The van der Waals surface area contributed by atoms with E-state index in [0.717, 1.165) is 46.7 Å². The maximum atomic E-state index is 14.8. The molecule has 5 rings (SSSR count). The minimum atomic E-state index is -1.04. The van der Waals surface area contributed by atoms with Crippen molar-refractivity contribution in [3.05, 3.63) is 50.1 Å². The third kappa shape index (κ3) is 3.74. The van der Waals surface area contributed by atoms with Gasteiger partial charge in [0.15, 0.2) is 5.82 Å². The van der Waals surface area contributed by atoms with E-state index < -0.39 is 45.1 Å². The summed E-state index contributed by atoms with van der Waals surface area (Å²) in [6.45, 7) is 5.77. The predicted octanol–water partition coefficient (Wildman–Crippen LogP) is 3.06. The Bertz CT molecular complexity index is 1100. The molecule has 32 heavy (non-hydrogen) atoms. The van der Waals surface area contributed by atoms with Crippen molar-refractivity contribution in [2.75, 3.05) is 6.54 Å². The molecule has 0 radical (unpaired) electrons. The SMILES string of the molecule is CCC1=NC=Ic2c1c(F)cn2[C@@H]1C[C@H](Oc2cc(CC)cc3c2CNCC3)[C@@H](O)[C@H]1O. The number of aromatic nitrogens is 1. The number of aryl methyl sites for hydroxylation is 1. The van der Waals surface area contributed by atoms with Gasteiger partial charge in [0.05, 0.1) is 25.2 Å². The van der Waals surface area contributed by atoms with Crippen LogP contribution >= 0.6 is 20.7 Å². The molecule has 1 aliphatic carbocycles. The molecule has 8 heteroatoms. The van der Waals surface area contributed by atoms with Crippen LogP contribution in [0.5, 0.6) is 5.75 Å². The second kappa shape index (κ2) is 8.96. The molecule has 1 aromatic carbocycles. The zero-order valence-corrected chi connectivity index (χ0v) is 20.5. The zero-order chi connectivity index (χ0) is 22.4. The number of fused-ring (bicyclic) bond motifs is 2. The molecule has 6 nitrogen and oxygen atoms in total. The molecule has 1 fully saturated rings. The van der Waals surface area contributed by atoms with E-state index in [9.17, 15) is 14.6 Å². The zero-order valence-electron chi connectivity index (χ0n) is 18.3. The first kappa shape index (κ1) is 22.2. The van der Waals surface area contributed by atoms with Gasteiger partial charge in [-0.2, -0.15) is 0 Å². The number of halogens is 2. The largest absolute Gasteiger partial charge is 0.487 e. The van der Waals surface area contributed by atoms with E-state index in [1.165, 1.54) is 17.3 Å². The van der Waals surface area contributed by atoms with E-state index in [1.54, 1.807) is 0 Å². The van der Waals surface area contributed by atoms with Crippen LogP contribution in [0.2, 0.25) is 0 Å². The Morgan fingerprint density at radius 1 is 1.25 bits per heavy atom. The van der Waals surface area contributed by atoms with Gasteiger partial charge in [-0.05, 0) is 63.7 Å². The summed E-state index contributed by atoms with van der Waals surface area (Å²) in [6, 6.07) is 3.87. The molecule has 0 spiro atoms. The first-order chi connectivity index (χ1) is 15.5. The number of benzene rings is 1. The van der Waals surface area contributed by atoms with E-state index >= 15 is 0 Å². The highest BCUT2D eigenvalue weighted by atomic mass is 127. The Hall–Kier alpha value is -1.62. The standard InChI is InChI=1S/C24H29FIN3O3/c1-3-13-7-14-5-6-27-10-15(14)19(8-13)32-20-9-18(22(30)23(20)31)29-11-16(25)21-17(4-2)28-12-26-24(21)29/h7-8,11-12,18,20,22-23,27,30-31H,3-6,9-10H2,1-2H3/t18-,20+,22+,23-/m1/s1. The van der Waals surface area contributed by atoms with Gasteiger partial charge in [-0.3, -0.25) is 4.99 Å². The number of aliphatic imine (C=N–C) groups is 1. The van der Waals surface area contributed by atoms with Gasteiger partial charge in [0.25, 0.3) is 0 Å². The third-order valence-electron chi connectivity index (χ3n) is 6.78. The van der Waals surface area contributed by atoms with Crippen LogP contribution in [-0.4, -0.2) is 49.5 Å². The smallest absolute Gasteiger partial charge is 0.151 e. The van der Waals surface area contributed by atoms with E-state index in [4.69, 9.17) is 4.74 Å². The molecule has 2 aliphatic heterocycles. The number of aliphatic hydroxyl groups excluding tert-OH is 2. The van der Waals surface area contributed by atoms with Crippen LogP contribution in [-0.2, 0) is 19.4 Å². The summed E-state index contributed by atoms with van der Waals surface area (Å²) >= 11 is -0.600. The van der Waals surface area contributed by atoms with Gasteiger partial charge < -0.3 is 24.8 Å². The van der Waals surface area contributed by atoms with Crippen LogP contribution in [0.25, 0.3) is 0 Å². The molecule has 1 saturated carbocycles. The summed E-state index contributed by atoms with van der Waals surface area (Å²) in [4.78, 5) is 4.40. The van der Waals surface area contributed by atoms with Gasteiger partial charge in [-0.25, -0.2) is 4.39 Å². The second-order valence-electron chi connectivity index (χ2n) is 8.64. The summed E-state index contributed by atoms with van der Waals surface area (Å²) in [5.74, 6) is 0.487. The molecule has 0 unspecified atom stereocenters. The Morgan fingerprint density at radius 2 is 2.09 bits per heavy atom. The van der Waals surface area contributed by atoms with Gasteiger partial charge in [0.2, 0.25) is 0 Å². The normalized spacial score (nSPS) is 26.8. The lowest BCUT2D eigenvalue weighted by molar-refractivity contribution is -0.0171. The van der Waals surface area contributed by atoms with Crippen LogP contribution in [0.3, 0.4) is 0 Å². The van der Waals surface area contributed by atoms with Gasteiger partial charge >= 0.3 is 0 Å². The Balaban J connectivity index is 1.45. The van der Waals surface area contributed by atoms with E-state index in [2.05, 4.69) is 29.4 Å². The van der Waals surface area contributed by atoms with Gasteiger partial charge in [0.1, 0.15) is 24.1 Å². The molecule has 3 heterocycles. The molecule has 4 atom stereocenters. The van der Waals surface area contributed by atoms with Crippen molar-refractivity contribution in [1.29, 1.82) is 0 Å². The van der Waals surface area contributed by atoms with E-state index in [1.807, 2.05) is 15.6 Å². The molecular weight excluding hydrogens is 524 g/mol. The van der Waals surface area contributed by atoms with Crippen molar-refractivity contribution in [3.8, 4) is 5.75 Å². The third-order valence-corrected chi connectivity index (χ3v) is 9.02. The van der Waals surface area contributed by atoms with Crippen LogP contribution in [0.15, 0.2) is 23.3 Å². The highest BCUT2D eigenvalue weighted by molar-refractivity contribution is 14.2. The van der Waals surface area contributed by atoms with Crippen molar-refractivity contribution in [2.24, 2.45) is 4.99 Å².